The van der Waals surface area contributed by atoms with Gasteiger partial charge in [-0.1, -0.05) is 6.07 Å². The molecular weight excluding hydrogens is 432 g/mol. The molecule has 30 heavy (non-hydrogen) atoms. The van der Waals surface area contributed by atoms with Crippen LogP contribution in [0, 0.1) is 0 Å². The van der Waals surface area contributed by atoms with Crippen LogP contribution in [0.2, 0.25) is 0 Å². The number of thiophene rings is 1. The smallest absolute Gasteiger partial charge is 0.412 e. The lowest BCUT2D eigenvalue weighted by atomic mass is 10.1. The molecule has 2 saturated heterocycles. The van der Waals surface area contributed by atoms with Gasteiger partial charge in [-0.25, -0.2) is 17.9 Å². The van der Waals surface area contributed by atoms with Crippen LogP contribution in [0.25, 0.3) is 0 Å². The molecule has 3 heterocycles. The van der Waals surface area contributed by atoms with Crippen LogP contribution in [0.1, 0.15) is 17.3 Å². The number of sulfonamides is 1. The second-order valence-electron chi connectivity index (χ2n) is 6.96. The third-order valence-corrected chi connectivity index (χ3v) is 7.76. The number of Topliss-reactive ketones (excluding diaryl/α,β-unsaturated/α-hetero) is 1. The molecule has 0 spiro atoms. The molecule has 4 unspecified atom stereocenters. The number of fused-ring (bicyclic) bond motifs is 1. The van der Waals surface area contributed by atoms with Crippen molar-refractivity contribution in [1.29, 1.82) is 0 Å². The molecule has 1 aromatic carbocycles. The number of nitrogens with one attached hydrogen (secondary N) is 2. The van der Waals surface area contributed by atoms with Crippen molar-refractivity contribution >= 4 is 38.9 Å². The predicted molar refractivity (Wildman–Crippen MR) is 108 cm³/mol. The minimum Gasteiger partial charge on any atom is -0.441 e. The van der Waals surface area contributed by atoms with Crippen molar-refractivity contribution in [2.45, 2.75) is 35.5 Å². The molecule has 1 amide bonds. The maximum absolute atomic E-state index is 12.4. The van der Waals surface area contributed by atoms with E-state index in [2.05, 4.69) is 10.0 Å². The van der Waals surface area contributed by atoms with E-state index in [0.29, 0.717) is 11.3 Å². The normalized spacial score (nSPS) is 25.6. The molecule has 0 saturated carbocycles. The molecule has 160 valence electrons. The highest BCUT2D eigenvalue weighted by Gasteiger charge is 2.50. The molecule has 2 aliphatic rings. The molecule has 0 radical (unpaired) electrons. The molecule has 11 heteroatoms. The monoisotopic (exact) mass is 452 g/mol. The van der Waals surface area contributed by atoms with Crippen molar-refractivity contribution in [2.24, 2.45) is 0 Å². The number of rotatable bonds is 6. The summed E-state index contributed by atoms with van der Waals surface area (Å²) in [5, 5.41) is 4.27. The van der Waals surface area contributed by atoms with E-state index in [1.165, 1.54) is 13.0 Å². The molecule has 9 nitrogen and oxygen atoms in total. The van der Waals surface area contributed by atoms with E-state index in [1.54, 1.807) is 35.7 Å². The van der Waals surface area contributed by atoms with Crippen LogP contribution in [0.3, 0.4) is 0 Å². The van der Waals surface area contributed by atoms with Gasteiger partial charge in [0.05, 0.1) is 19.3 Å². The summed E-state index contributed by atoms with van der Waals surface area (Å²) in [6, 6.07) is 9.04. The van der Waals surface area contributed by atoms with E-state index in [4.69, 9.17) is 14.2 Å². The molecule has 2 aromatic rings. The summed E-state index contributed by atoms with van der Waals surface area (Å²) < 4.78 is 44.4. The largest absolute Gasteiger partial charge is 0.441 e. The predicted octanol–water partition coefficient (Wildman–Crippen LogP) is 2.01. The lowest BCUT2D eigenvalue weighted by Crippen LogP contribution is -2.44. The van der Waals surface area contributed by atoms with Crippen molar-refractivity contribution in [2.75, 3.05) is 18.5 Å². The van der Waals surface area contributed by atoms with Crippen molar-refractivity contribution in [1.82, 2.24) is 4.72 Å². The first-order chi connectivity index (χ1) is 14.3. The zero-order valence-electron chi connectivity index (χ0n) is 15.9. The molecule has 0 bridgehead atoms. The lowest BCUT2D eigenvalue weighted by molar-refractivity contribution is 0.00883. The van der Waals surface area contributed by atoms with Crippen molar-refractivity contribution < 1.29 is 32.2 Å². The van der Waals surface area contributed by atoms with Crippen molar-refractivity contribution in [3.8, 4) is 0 Å². The third kappa shape index (κ3) is 4.40. The lowest BCUT2D eigenvalue weighted by Gasteiger charge is -2.18. The number of hydrogen-bond donors (Lipinski definition) is 2. The van der Waals surface area contributed by atoms with Gasteiger partial charge in [-0.15, -0.1) is 11.3 Å². The number of carbonyl (C=O) groups is 2. The van der Waals surface area contributed by atoms with Crippen molar-refractivity contribution in [3.63, 3.8) is 0 Å². The van der Waals surface area contributed by atoms with Gasteiger partial charge in [-0.2, -0.15) is 0 Å². The molecule has 1 aromatic heterocycles. The second kappa shape index (κ2) is 8.44. The maximum Gasteiger partial charge on any atom is 0.412 e. The van der Waals surface area contributed by atoms with E-state index < -0.39 is 40.5 Å². The van der Waals surface area contributed by atoms with E-state index in [1.807, 2.05) is 0 Å². The molecule has 4 atom stereocenters. The van der Waals surface area contributed by atoms with Gasteiger partial charge in [0, 0.05) is 11.3 Å². The summed E-state index contributed by atoms with van der Waals surface area (Å²) in [6.07, 6.45) is -2.46. The molecule has 2 N–H and O–H groups in total. The SMILES string of the molecule is CC(=O)c1ccc(NC(=O)OC2COC3C(NS(=O)(=O)c4cccs4)COC23)cc1. The maximum atomic E-state index is 12.4. The molecule has 2 aliphatic heterocycles. The van der Waals surface area contributed by atoms with E-state index >= 15 is 0 Å². The average Bonchev–Trinajstić information content (AvgIpc) is 3.43. The van der Waals surface area contributed by atoms with Gasteiger partial charge >= 0.3 is 6.09 Å². The van der Waals surface area contributed by atoms with Gasteiger partial charge < -0.3 is 14.2 Å². The number of ether oxygens (including phenoxy) is 3. The van der Waals surface area contributed by atoms with Gasteiger partial charge in [0.2, 0.25) is 10.0 Å². The number of amides is 1. The second-order valence-corrected chi connectivity index (χ2v) is 9.85. The van der Waals surface area contributed by atoms with Crippen LogP contribution in [0.4, 0.5) is 10.5 Å². The fourth-order valence-corrected chi connectivity index (χ4v) is 5.65. The Morgan fingerprint density at radius 3 is 2.50 bits per heavy atom. The number of ketones is 1. The Labute approximate surface area is 177 Å². The Kier molecular flexibility index (Phi) is 5.89. The summed E-state index contributed by atoms with van der Waals surface area (Å²) in [5.41, 5.74) is 1.02. The van der Waals surface area contributed by atoms with E-state index in [0.717, 1.165) is 11.3 Å². The fourth-order valence-electron chi connectivity index (χ4n) is 3.41. The van der Waals surface area contributed by atoms with Crippen LogP contribution >= 0.6 is 11.3 Å². The highest BCUT2D eigenvalue weighted by molar-refractivity contribution is 7.91. The molecule has 0 aliphatic carbocycles. The molecular formula is C19H20N2O7S2. The Morgan fingerprint density at radius 1 is 1.10 bits per heavy atom. The Hall–Kier alpha value is -2.31. The number of carbonyl (C=O) groups excluding carboxylic acids is 2. The van der Waals surface area contributed by atoms with Gasteiger partial charge in [-0.3, -0.25) is 10.1 Å². The molecule has 2 fully saturated rings. The van der Waals surface area contributed by atoms with E-state index in [9.17, 15) is 18.0 Å². The average molecular weight is 453 g/mol. The Balaban J connectivity index is 1.33. The summed E-state index contributed by atoms with van der Waals surface area (Å²) in [7, 11) is -3.67. The Morgan fingerprint density at radius 2 is 1.83 bits per heavy atom. The number of hydrogen-bond acceptors (Lipinski definition) is 8. The van der Waals surface area contributed by atoms with Gasteiger partial charge in [-0.05, 0) is 42.6 Å². The van der Waals surface area contributed by atoms with Crippen LogP contribution in [-0.4, -0.2) is 57.9 Å². The topological polar surface area (TPSA) is 120 Å². The Bertz CT molecular complexity index is 1020. The van der Waals surface area contributed by atoms with Gasteiger partial charge in [0.25, 0.3) is 0 Å². The number of anilines is 1. The van der Waals surface area contributed by atoms with Gasteiger partial charge in [0.15, 0.2) is 11.9 Å². The zero-order chi connectivity index (χ0) is 21.3. The first-order valence-corrected chi connectivity index (χ1v) is 11.6. The summed E-state index contributed by atoms with van der Waals surface area (Å²) in [6.45, 7) is 1.68. The molecule has 4 rings (SSSR count). The summed E-state index contributed by atoms with van der Waals surface area (Å²) in [4.78, 5) is 23.5. The third-order valence-electron chi connectivity index (χ3n) is 4.87. The minimum atomic E-state index is -3.67. The standard InChI is InChI=1S/C19H20N2O7S2/c1-11(22)12-4-6-13(7-5-12)20-19(23)28-15-10-27-17-14(9-26-18(15)17)21-30(24,25)16-3-2-8-29-16/h2-8,14-15,17-18,21H,9-10H2,1H3,(H,20,23). The minimum absolute atomic E-state index is 0.0686. The van der Waals surface area contributed by atoms with Gasteiger partial charge in [0.1, 0.15) is 16.4 Å². The first-order valence-electron chi connectivity index (χ1n) is 9.21. The summed E-state index contributed by atoms with van der Waals surface area (Å²) in [5.74, 6) is -0.0686. The van der Waals surface area contributed by atoms with Crippen molar-refractivity contribution in [3.05, 3.63) is 47.3 Å². The zero-order valence-corrected chi connectivity index (χ0v) is 17.6. The number of benzene rings is 1. The summed E-state index contributed by atoms with van der Waals surface area (Å²) >= 11 is 1.12. The van der Waals surface area contributed by atoms with E-state index in [-0.39, 0.29) is 23.2 Å². The van der Waals surface area contributed by atoms with Crippen LogP contribution in [-0.2, 0) is 24.2 Å². The fraction of sp³-hybridized carbons (Fsp3) is 0.368. The van der Waals surface area contributed by atoms with Crippen LogP contribution < -0.4 is 10.0 Å². The van der Waals surface area contributed by atoms with Crippen LogP contribution in [0.5, 0.6) is 0 Å². The quantitative estimate of drug-likeness (QED) is 0.643. The highest BCUT2D eigenvalue weighted by atomic mass is 32.2. The van der Waals surface area contributed by atoms with Crippen LogP contribution in [0.15, 0.2) is 46.0 Å². The first kappa shape index (κ1) is 20.9. The highest BCUT2D eigenvalue weighted by Crippen LogP contribution is 2.30.